The number of likely N-dealkylation sites (tertiary alicyclic amines) is 1. The van der Waals surface area contributed by atoms with Gasteiger partial charge in [0.15, 0.2) is 0 Å². The molecular formula is C36H45BN6O5. The lowest BCUT2D eigenvalue weighted by Crippen LogP contribution is -2.47. The SMILES string of the molecule is Cc1ccc2c(N)cccc2c1Oc1ncc(B2OC(C)(C)C(C)(C)O2)cc1-c1ccnc(N[C@H]2CCCN(C(=O)OC(C)(C)C)C2)n1. The number of nitrogens with zero attached hydrogens (tertiary/aromatic N) is 4. The van der Waals surface area contributed by atoms with Gasteiger partial charge in [0.1, 0.15) is 11.4 Å². The Labute approximate surface area is 282 Å². The van der Waals surface area contributed by atoms with E-state index in [1.54, 1.807) is 17.3 Å². The maximum absolute atomic E-state index is 12.8. The number of piperidine rings is 1. The molecule has 0 bridgehead atoms. The molecule has 6 rings (SSSR count). The predicted molar refractivity (Wildman–Crippen MR) is 189 cm³/mol. The molecule has 0 radical (unpaired) electrons. The third kappa shape index (κ3) is 6.91. The summed E-state index contributed by atoms with van der Waals surface area (Å²) in [5.74, 6) is 1.46. The first-order valence-electron chi connectivity index (χ1n) is 16.5. The summed E-state index contributed by atoms with van der Waals surface area (Å²) < 4.78 is 25.0. The van der Waals surface area contributed by atoms with Crippen LogP contribution in [0.15, 0.2) is 54.9 Å². The fourth-order valence-electron chi connectivity index (χ4n) is 5.88. The van der Waals surface area contributed by atoms with Gasteiger partial charge in [-0.05, 0) is 92.0 Å². The van der Waals surface area contributed by atoms with Crippen molar-refractivity contribution >= 4 is 41.1 Å². The van der Waals surface area contributed by atoms with Crippen LogP contribution < -0.4 is 21.3 Å². The summed E-state index contributed by atoms with van der Waals surface area (Å²) in [5, 5.41) is 5.22. The number of aryl methyl sites for hydroxylation is 1. The van der Waals surface area contributed by atoms with Gasteiger partial charge in [-0.25, -0.2) is 19.7 Å². The highest BCUT2D eigenvalue weighted by Crippen LogP contribution is 2.40. The Balaban J connectivity index is 1.35. The summed E-state index contributed by atoms with van der Waals surface area (Å²) >= 11 is 0. The minimum atomic E-state index is -0.630. The molecular weight excluding hydrogens is 607 g/mol. The van der Waals surface area contributed by atoms with Crippen LogP contribution in [0.3, 0.4) is 0 Å². The zero-order valence-corrected chi connectivity index (χ0v) is 29.1. The topological polar surface area (TPSA) is 134 Å². The van der Waals surface area contributed by atoms with E-state index in [2.05, 4.69) is 10.3 Å². The van der Waals surface area contributed by atoms with E-state index >= 15 is 0 Å². The summed E-state index contributed by atoms with van der Waals surface area (Å²) in [5.41, 5.74) is 8.30. The smallest absolute Gasteiger partial charge is 0.444 e. The van der Waals surface area contributed by atoms with E-state index in [-0.39, 0.29) is 12.1 Å². The second-order valence-electron chi connectivity index (χ2n) is 14.6. The van der Waals surface area contributed by atoms with Crippen LogP contribution in [0.5, 0.6) is 11.6 Å². The summed E-state index contributed by atoms with van der Waals surface area (Å²) in [7, 11) is -0.630. The van der Waals surface area contributed by atoms with Crippen LogP contribution in [0.4, 0.5) is 16.4 Å². The molecule has 2 aromatic carbocycles. The molecule has 0 unspecified atom stereocenters. The molecule has 2 fully saturated rings. The zero-order valence-electron chi connectivity index (χ0n) is 29.1. The molecule has 0 saturated carbocycles. The van der Waals surface area contributed by atoms with Crippen LogP contribution in [0.2, 0.25) is 0 Å². The number of pyridine rings is 1. The van der Waals surface area contributed by atoms with Crippen LogP contribution in [0.1, 0.15) is 66.9 Å². The van der Waals surface area contributed by atoms with E-state index in [0.29, 0.717) is 47.6 Å². The van der Waals surface area contributed by atoms with E-state index in [1.165, 1.54) is 0 Å². The lowest BCUT2D eigenvalue weighted by Gasteiger charge is -2.34. The molecule has 12 heteroatoms. The van der Waals surface area contributed by atoms with E-state index in [4.69, 9.17) is 34.5 Å². The number of nitrogens with one attached hydrogen (secondary N) is 1. The second-order valence-corrected chi connectivity index (χ2v) is 14.6. The maximum atomic E-state index is 12.8. The number of aromatic nitrogens is 3. The summed E-state index contributed by atoms with van der Waals surface area (Å²) in [4.78, 5) is 28.8. The average Bonchev–Trinajstić information content (AvgIpc) is 3.24. The number of hydrogen-bond acceptors (Lipinski definition) is 10. The molecule has 252 valence electrons. The monoisotopic (exact) mass is 652 g/mol. The van der Waals surface area contributed by atoms with Crippen LogP contribution in [0, 0.1) is 6.92 Å². The number of carbonyl (C=O) groups is 1. The molecule has 48 heavy (non-hydrogen) atoms. The Morgan fingerprint density at radius 3 is 2.54 bits per heavy atom. The van der Waals surface area contributed by atoms with Gasteiger partial charge in [-0.15, -0.1) is 0 Å². The number of anilines is 2. The summed E-state index contributed by atoms with van der Waals surface area (Å²) in [6, 6.07) is 13.5. The van der Waals surface area contributed by atoms with Gasteiger partial charge in [-0.1, -0.05) is 24.3 Å². The number of nitrogens with two attached hydrogens (primary N) is 1. The molecule has 2 aromatic heterocycles. The van der Waals surface area contributed by atoms with Crippen molar-refractivity contribution < 1.29 is 23.6 Å². The molecule has 1 atom stereocenters. The first-order valence-corrected chi connectivity index (χ1v) is 16.5. The fraction of sp³-hybridized carbons (Fsp3) is 0.444. The normalized spacial score (nSPS) is 19.0. The summed E-state index contributed by atoms with van der Waals surface area (Å²) in [6.45, 7) is 16.8. The van der Waals surface area contributed by atoms with Gasteiger partial charge in [0.25, 0.3) is 0 Å². The van der Waals surface area contributed by atoms with Crippen molar-refractivity contribution in [2.45, 2.75) is 91.1 Å². The van der Waals surface area contributed by atoms with Crippen molar-refractivity contribution in [3.8, 4) is 22.9 Å². The number of rotatable bonds is 6. The van der Waals surface area contributed by atoms with Crippen molar-refractivity contribution in [1.29, 1.82) is 0 Å². The van der Waals surface area contributed by atoms with Crippen LogP contribution in [-0.2, 0) is 14.0 Å². The molecule has 2 saturated heterocycles. The Morgan fingerprint density at radius 2 is 1.81 bits per heavy atom. The van der Waals surface area contributed by atoms with Gasteiger partial charge in [0.2, 0.25) is 11.8 Å². The molecule has 0 aliphatic carbocycles. The van der Waals surface area contributed by atoms with Crippen molar-refractivity contribution in [1.82, 2.24) is 19.9 Å². The first-order chi connectivity index (χ1) is 22.6. The van der Waals surface area contributed by atoms with Crippen molar-refractivity contribution in [3.05, 3.63) is 60.4 Å². The van der Waals surface area contributed by atoms with Gasteiger partial charge in [0, 0.05) is 53.4 Å². The number of hydrogen-bond donors (Lipinski definition) is 2. The minimum Gasteiger partial charge on any atom is -0.444 e. The van der Waals surface area contributed by atoms with E-state index in [9.17, 15) is 4.79 Å². The van der Waals surface area contributed by atoms with E-state index in [0.717, 1.165) is 34.6 Å². The fourth-order valence-corrected chi connectivity index (χ4v) is 5.88. The molecule has 1 amide bonds. The van der Waals surface area contributed by atoms with E-state index in [1.807, 2.05) is 97.9 Å². The van der Waals surface area contributed by atoms with E-state index < -0.39 is 23.9 Å². The first kappa shape index (κ1) is 33.5. The Morgan fingerprint density at radius 1 is 1.06 bits per heavy atom. The van der Waals surface area contributed by atoms with Gasteiger partial charge in [-0.3, -0.25) is 0 Å². The number of ether oxygens (including phenoxy) is 2. The Kier molecular flexibility index (Phi) is 8.76. The molecule has 11 nitrogen and oxygen atoms in total. The molecule has 2 aliphatic rings. The molecule has 0 spiro atoms. The number of amides is 1. The third-order valence-corrected chi connectivity index (χ3v) is 9.18. The van der Waals surface area contributed by atoms with Crippen molar-refractivity contribution in [2.75, 3.05) is 24.1 Å². The van der Waals surface area contributed by atoms with Crippen molar-refractivity contribution in [2.24, 2.45) is 0 Å². The Hall–Kier alpha value is -4.42. The number of carbonyl (C=O) groups excluding carboxylic acids is 1. The molecule has 2 aliphatic heterocycles. The van der Waals surface area contributed by atoms with Gasteiger partial charge in [-0.2, -0.15) is 0 Å². The quantitative estimate of drug-likeness (QED) is 0.176. The minimum absolute atomic E-state index is 0.0461. The van der Waals surface area contributed by atoms with Crippen LogP contribution in [0.25, 0.3) is 22.0 Å². The lowest BCUT2D eigenvalue weighted by molar-refractivity contribution is 0.00578. The van der Waals surface area contributed by atoms with Crippen molar-refractivity contribution in [3.63, 3.8) is 0 Å². The largest absolute Gasteiger partial charge is 0.496 e. The summed E-state index contributed by atoms with van der Waals surface area (Å²) in [6.07, 6.45) is 4.81. The standard InChI is InChI=1S/C36H45BN6O5/c1-22-14-15-25-26(12-9-13-28(25)38)30(22)45-31-27(19-23(20-40-31)37-47-35(5,6)36(7,8)48-37)29-16-17-39-32(42-29)41-24-11-10-18-43(21-24)33(44)46-34(2,3)4/h9,12-17,19-20,24H,10-11,18,21,38H2,1-8H3,(H,39,41,42)/t24-/m0/s1. The van der Waals surface area contributed by atoms with Gasteiger partial charge in [0.05, 0.1) is 22.5 Å². The van der Waals surface area contributed by atoms with Gasteiger partial charge < -0.3 is 34.7 Å². The average molecular weight is 653 g/mol. The maximum Gasteiger partial charge on any atom is 0.496 e. The lowest BCUT2D eigenvalue weighted by atomic mass is 9.79. The third-order valence-electron chi connectivity index (χ3n) is 9.18. The molecule has 3 N–H and O–H groups in total. The number of benzene rings is 2. The van der Waals surface area contributed by atoms with Crippen LogP contribution >= 0.6 is 0 Å². The Bertz CT molecular complexity index is 1830. The number of fused-ring (bicyclic) bond motifs is 1. The highest BCUT2D eigenvalue weighted by Gasteiger charge is 2.52. The molecule has 4 aromatic rings. The number of nitrogen functional groups attached to an aromatic ring is 1. The highest BCUT2D eigenvalue weighted by molar-refractivity contribution is 6.62. The van der Waals surface area contributed by atoms with Gasteiger partial charge >= 0.3 is 13.2 Å². The second kappa shape index (κ2) is 12.6. The predicted octanol–water partition coefficient (Wildman–Crippen LogP) is 6.49. The van der Waals surface area contributed by atoms with Crippen LogP contribution in [-0.4, -0.2) is 69.0 Å². The zero-order chi connectivity index (χ0) is 34.4. The highest BCUT2D eigenvalue weighted by atomic mass is 16.7. The molecule has 4 heterocycles.